The van der Waals surface area contributed by atoms with Crippen LogP contribution in [0.5, 0.6) is 0 Å². The Bertz CT molecular complexity index is 334. The van der Waals surface area contributed by atoms with Crippen molar-refractivity contribution in [2.45, 2.75) is 6.42 Å². The van der Waals surface area contributed by atoms with E-state index in [4.69, 9.17) is 11.5 Å². The van der Waals surface area contributed by atoms with Crippen LogP contribution in [-0.2, 0) is 11.2 Å². The lowest BCUT2D eigenvalue weighted by Crippen LogP contribution is -2.19. The molecule has 0 saturated carbocycles. The number of hydrogen-bond donors (Lipinski definition) is 3. The molecule has 0 heterocycles. The van der Waals surface area contributed by atoms with Gasteiger partial charge >= 0.3 is 0 Å². The smallest absolute Gasteiger partial charge is 0.221 e. The number of carbonyl (C=O) groups excluding carboxylic acids is 1. The van der Waals surface area contributed by atoms with E-state index < -0.39 is 0 Å². The number of primary amides is 1. The lowest BCUT2D eigenvalue weighted by Gasteiger charge is -2.05. The fourth-order valence-electron chi connectivity index (χ4n) is 1.10. The molecule has 5 heteroatoms. The van der Waals surface area contributed by atoms with E-state index in [1.807, 2.05) is 12.1 Å². The maximum atomic E-state index is 10.7. The second kappa shape index (κ2) is 4.57. The Morgan fingerprint density at radius 1 is 1.43 bits per heavy atom. The van der Waals surface area contributed by atoms with Gasteiger partial charge in [0.25, 0.3) is 0 Å². The van der Waals surface area contributed by atoms with E-state index in [1.54, 1.807) is 12.1 Å². The van der Waals surface area contributed by atoms with Gasteiger partial charge in [-0.3, -0.25) is 4.79 Å². The highest BCUT2D eigenvalue weighted by Crippen LogP contribution is 2.10. The zero-order chi connectivity index (χ0) is 10.6. The van der Waals surface area contributed by atoms with Crippen molar-refractivity contribution in [1.29, 1.82) is 0 Å². The van der Waals surface area contributed by atoms with Gasteiger partial charge in [-0.15, -0.1) is 0 Å². The van der Waals surface area contributed by atoms with E-state index in [0.717, 1.165) is 11.3 Å². The molecule has 1 amide bonds. The lowest BCUT2D eigenvalue weighted by molar-refractivity contribution is -0.117. The standard InChI is InChI=1S/C9H11N3OS/c10-8(13)5-6-2-1-3-7(4-6)12-9(11)14/h1-4H,5H2,(H2,10,13)(H3,11,12,14). The summed E-state index contributed by atoms with van der Waals surface area (Å²) in [7, 11) is 0. The molecule has 74 valence electrons. The molecule has 0 radical (unpaired) electrons. The highest BCUT2D eigenvalue weighted by molar-refractivity contribution is 7.80. The maximum Gasteiger partial charge on any atom is 0.221 e. The first-order chi connectivity index (χ1) is 6.58. The topological polar surface area (TPSA) is 81.1 Å². The van der Waals surface area contributed by atoms with Crippen LogP contribution in [0.2, 0.25) is 0 Å². The molecule has 0 bridgehead atoms. The summed E-state index contributed by atoms with van der Waals surface area (Å²) in [5.41, 5.74) is 12.0. The van der Waals surface area contributed by atoms with Gasteiger partial charge in [-0.05, 0) is 29.9 Å². The van der Waals surface area contributed by atoms with Gasteiger partial charge in [0, 0.05) is 5.69 Å². The van der Waals surface area contributed by atoms with Crippen molar-refractivity contribution in [3.05, 3.63) is 29.8 Å². The monoisotopic (exact) mass is 209 g/mol. The maximum absolute atomic E-state index is 10.7. The number of benzene rings is 1. The minimum atomic E-state index is -0.363. The van der Waals surface area contributed by atoms with Gasteiger partial charge in [0.15, 0.2) is 5.11 Å². The minimum Gasteiger partial charge on any atom is -0.376 e. The zero-order valence-corrected chi connectivity index (χ0v) is 8.30. The molecular formula is C9H11N3OS. The van der Waals surface area contributed by atoms with Crippen LogP contribution in [0.25, 0.3) is 0 Å². The first-order valence-electron chi connectivity index (χ1n) is 4.01. The molecule has 0 aliphatic carbocycles. The van der Waals surface area contributed by atoms with E-state index in [1.165, 1.54) is 0 Å². The molecule has 0 fully saturated rings. The van der Waals surface area contributed by atoms with Crippen LogP contribution in [0.1, 0.15) is 5.56 Å². The quantitative estimate of drug-likeness (QED) is 0.628. The molecule has 0 aromatic heterocycles. The Balaban J connectivity index is 2.78. The Morgan fingerprint density at radius 2 is 2.14 bits per heavy atom. The third-order valence-electron chi connectivity index (χ3n) is 1.57. The second-order valence-corrected chi connectivity index (χ2v) is 3.27. The minimum absolute atomic E-state index is 0.196. The molecular weight excluding hydrogens is 198 g/mol. The Morgan fingerprint density at radius 3 is 2.71 bits per heavy atom. The van der Waals surface area contributed by atoms with Crippen molar-refractivity contribution in [2.75, 3.05) is 5.32 Å². The summed E-state index contributed by atoms with van der Waals surface area (Å²) in [6.07, 6.45) is 0.215. The van der Waals surface area contributed by atoms with Crippen molar-refractivity contribution in [1.82, 2.24) is 0 Å². The third kappa shape index (κ3) is 3.40. The summed E-state index contributed by atoms with van der Waals surface area (Å²) in [6, 6.07) is 7.21. The fraction of sp³-hybridized carbons (Fsp3) is 0.111. The van der Waals surface area contributed by atoms with Crippen LogP contribution >= 0.6 is 12.2 Å². The van der Waals surface area contributed by atoms with Gasteiger partial charge < -0.3 is 16.8 Å². The van der Waals surface area contributed by atoms with Crippen molar-refractivity contribution in [3.63, 3.8) is 0 Å². The van der Waals surface area contributed by atoms with E-state index in [-0.39, 0.29) is 17.4 Å². The Hall–Kier alpha value is -1.62. The fourth-order valence-corrected chi connectivity index (χ4v) is 1.22. The van der Waals surface area contributed by atoms with Crippen molar-refractivity contribution in [3.8, 4) is 0 Å². The van der Waals surface area contributed by atoms with Crippen LogP contribution in [0.3, 0.4) is 0 Å². The van der Waals surface area contributed by atoms with Gasteiger partial charge in [0.05, 0.1) is 6.42 Å². The largest absolute Gasteiger partial charge is 0.376 e. The summed E-state index contributed by atoms with van der Waals surface area (Å²) < 4.78 is 0. The highest BCUT2D eigenvalue weighted by atomic mass is 32.1. The van der Waals surface area contributed by atoms with Crippen LogP contribution in [0.4, 0.5) is 5.69 Å². The number of rotatable bonds is 3. The molecule has 0 atom stereocenters. The first kappa shape index (κ1) is 10.5. The predicted molar refractivity (Wildman–Crippen MR) is 59.7 cm³/mol. The van der Waals surface area contributed by atoms with Gasteiger partial charge in [-0.1, -0.05) is 12.1 Å². The molecule has 0 aliphatic heterocycles. The van der Waals surface area contributed by atoms with E-state index in [9.17, 15) is 4.79 Å². The normalized spacial score (nSPS) is 9.43. The molecule has 4 nitrogen and oxygen atoms in total. The molecule has 1 rings (SSSR count). The first-order valence-corrected chi connectivity index (χ1v) is 4.42. The summed E-state index contributed by atoms with van der Waals surface area (Å²) in [5.74, 6) is -0.363. The van der Waals surface area contributed by atoms with E-state index >= 15 is 0 Å². The lowest BCUT2D eigenvalue weighted by atomic mass is 10.1. The third-order valence-corrected chi connectivity index (χ3v) is 1.67. The number of nitrogens with two attached hydrogens (primary N) is 2. The molecule has 1 aromatic rings. The number of amides is 1. The summed E-state index contributed by atoms with van der Waals surface area (Å²) in [4.78, 5) is 10.7. The van der Waals surface area contributed by atoms with Gasteiger partial charge in [0.1, 0.15) is 0 Å². The molecule has 5 N–H and O–H groups in total. The molecule has 1 aromatic carbocycles. The molecule has 0 saturated heterocycles. The van der Waals surface area contributed by atoms with E-state index in [0.29, 0.717) is 0 Å². The van der Waals surface area contributed by atoms with Gasteiger partial charge in [-0.25, -0.2) is 0 Å². The van der Waals surface area contributed by atoms with Crippen LogP contribution in [0.15, 0.2) is 24.3 Å². The van der Waals surface area contributed by atoms with Crippen LogP contribution < -0.4 is 16.8 Å². The Kier molecular flexibility index (Phi) is 3.41. The molecule has 0 spiro atoms. The number of nitrogens with one attached hydrogen (secondary N) is 1. The second-order valence-electron chi connectivity index (χ2n) is 2.83. The molecule has 0 aliphatic rings. The van der Waals surface area contributed by atoms with Gasteiger partial charge in [-0.2, -0.15) is 0 Å². The van der Waals surface area contributed by atoms with Gasteiger partial charge in [0.2, 0.25) is 5.91 Å². The number of anilines is 1. The summed E-state index contributed by atoms with van der Waals surface area (Å²) in [6.45, 7) is 0. The zero-order valence-electron chi connectivity index (χ0n) is 7.49. The number of carbonyl (C=O) groups is 1. The van der Waals surface area contributed by atoms with Crippen LogP contribution in [0, 0.1) is 0 Å². The molecule has 14 heavy (non-hydrogen) atoms. The molecule has 0 unspecified atom stereocenters. The highest BCUT2D eigenvalue weighted by Gasteiger charge is 1.99. The predicted octanol–water partition coefficient (Wildman–Crippen LogP) is 0.370. The van der Waals surface area contributed by atoms with Crippen molar-refractivity contribution in [2.24, 2.45) is 11.5 Å². The summed E-state index contributed by atoms with van der Waals surface area (Å²) >= 11 is 4.68. The van der Waals surface area contributed by atoms with Crippen molar-refractivity contribution < 1.29 is 4.79 Å². The SMILES string of the molecule is NC(=O)Cc1cccc(NC(N)=S)c1. The summed E-state index contributed by atoms with van der Waals surface area (Å²) in [5, 5.41) is 2.97. The Labute approximate surface area is 87.3 Å². The van der Waals surface area contributed by atoms with Crippen LogP contribution in [-0.4, -0.2) is 11.0 Å². The number of hydrogen-bond acceptors (Lipinski definition) is 2. The number of thiocarbonyl (C=S) groups is 1. The van der Waals surface area contributed by atoms with E-state index in [2.05, 4.69) is 17.5 Å². The van der Waals surface area contributed by atoms with Crippen molar-refractivity contribution >= 4 is 28.9 Å². The average Bonchev–Trinajstić information content (AvgIpc) is 2.01. The average molecular weight is 209 g/mol.